The van der Waals surface area contributed by atoms with E-state index in [-0.39, 0.29) is 17.7 Å². The zero-order chi connectivity index (χ0) is 28.2. The van der Waals surface area contributed by atoms with Crippen LogP contribution in [0.3, 0.4) is 0 Å². The second kappa shape index (κ2) is 11.9. The van der Waals surface area contributed by atoms with Gasteiger partial charge in [0.15, 0.2) is 11.5 Å². The lowest BCUT2D eigenvalue weighted by Gasteiger charge is -2.27. The fourth-order valence-electron chi connectivity index (χ4n) is 5.47. The van der Waals surface area contributed by atoms with E-state index in [2.05, 4.69) is 17.1 Å². The monoisotopic (exact) mass is 539 g/mol. The van der Waals surface area contributed by atoms with Gasteiger partial charge in [-0.1, -0.05) is 62.2 Å². The topological polar surface area (TPSA) is 87.7 Å². The van der Waals surface area contributed by atoms with E-state index < -0.39 is 0 Å². The molecule has 5 rings (SSSR count). The fraction of sp³-hybridized carbons (Fsp3) is 0.333. The maximum atomic E-state index is 13.7. The Bertz CT molecular complexity index is 1500. The van der Waals surface area contributed by atoms with Crippen LogP contribution in [0.25, 0.3) is 11.3 Å². The number of H-pyrrole nitrogens is 1. The van der Waals surface area contributed by atoms with Crippen LogP contribution in [0.15, 0.2) is 60.7 Å². The summed E-state index contributed by atoms with van der Waals surface area (Å²) in [6, 6.07) is 19.4. The summed E-state index contributed by atoms with van der Waals surface area (Å²) in [7, 11) is 0. The zero-order valence-corrected chi connectivity index (χ0v) is 23.7. The van der Waals surface area contributed by atoms with Gasteiger partial charge < -0.3 is 19.5 Å². The molecular weight excluding hydrogens is 502 g/mol. The van der Waals surface area contributed by atoms with Gasteiger partial charge >= 0.3 is 0 Å². The van der Waals surface area contributed by atoms with Gasteiger partial charge in [0.1, 0.15) is 23.7 Å². The second-order valence-corrected chi connectivity index (χ2v) is 10.4. The van der Waals surface area contributed by atoms with Crippen molar-refractivity contribution in [3.63, 3.8) is 0 Å². The second-order valence-electron chi connectivity index (χ2n) is 10.4. The summed E-state index contributed by atoms with van der Waals surface area (Å²) in [5.74, 6) is 1.37. The van der Waals surface area contributed by atoms with Crippen LogP contribution in [0.4, 0.5) is 0 Å². The highest BCUT2D eigenvalue weighted by atomic mass is 16.5. The van der Waals surface area contributed by atoms with Crippen LogP contribution in [0, 0.1) is 13.8 Å². The normalized spacial score (nSPS) is 14.4. The molecule has 0 fully saturated rings. The van der Waals surface area contributed by atoms with Crippen molar-refractivity contribution < 1.29 is 19.4 Å². The van der Waals surface area contributed by atoms with Gasteiger partial charge in [-0.2, -0.15) is 5.10 Å². The number of hydrogen-bond donors (Lipinski definition) is 2. The van der Waals surface area contributed by atoms with E-state index in [0.717, 1.165) is 47.1 Å². The summed E-state index contributed by atoms with van der Waals surface area (Å²) >= 11 is 0. The first-order valence-electron chi connectivity index (χ1n) is 14.1. The average Bonchev–Trinajstić information content (AvgIpc) is 3.49. The molecule has 1 aliphatic heterocycles. The minimum atomic E-state index is -0.379. The Morgan fingerprint density at radius 1 is 0.975 bits per heavy atom. The highest BCUT2D eigenvalue weighted by Crippen LogP contribution is 2.46. The molecule has 2 N–H and O–H groups in total. The minimum Gasteiger partial charge on any atom is -0.507 e. The molecule has 4 aromatic rings. The van der Waals surface area contributed by atoms with E-state index in [0.29, 0.717) is 48.2 Å². The average molecular weight is 540 g/mol. The predicted molar refractivity (Wildman–Crippen MR) is 156 cm³/mol. The fourth-order valence-corrected chi connectivity index (χ4v) is 5.47. The number of unbranched alkanes of at least 4 members (excludes halogenated alkanes) is 2. The Kier molecular flexibility index (Phi) is 8.10. The Balaban J connectivity index is 1.58. The lowest BCUT2D eigenvalue weighted by atomic mass is 9.93. The van der Waals surface area contributed by atoms with E-state index >= 15 is 0 Å². The summed E-state index contributed by atoms with van der Waals surface area (Å²) in [6.07, 6.45) is 2.99. The molecule has 1 aliphatic rings. The van der Waals surface area contributed by atoms with Gasteiger partial charge in [-0.25, -0.2) is 0 Å². The molecule has 0 spiro atoms. The first kappa shape index (κ1) is 27.3. The molecule has 1 atom stereocenters. The van der Waals surface area contributed by atoms with Crippen LogP contribution < -0.4 is 9.47 Å². The number of phenols is 1. The number of ether oxygens (including phenoxy) is 2. The molecule has 1 unspecified atom stereocenters. The van der Waals surface area contributed by atoms with Crippen LogP contribution >= 0.6 is 0 Å². The van der Waals surface area contributed by atoms with Crippen molar-refractivity contribution in [1.29, 1.82) is 0 Å². The number of fused-ring (bicyclic) bond motifs is 1. The first-order chi connectivity index (χ1) is 19.4. The summed E-state index contributed by atoms with van der Waals surface area (Å²) < 4.78 is 12.2. The Morgan fingerprint density at radius 3 is 2.52 bits per heavy atom. The summed E-state index contributed by atoms with van der Waals surface area (Å²) in [5, 5.41) is 18.6. The number of carbonyl (C=O) groups is 1. The van der Waals surface area contributed by atoms with E-state index in [9.17, 15) is 9.90 Å². The third-order valence-electron chi connectivity index (χ3n) is 7.39. The minimum absolute atomic E-state index is 0.0823. The van der Waals surface area contributed by atoms with Crippen LogP contribution in [-0.2, 0) is 6.61 Å². The Morgan fingerprint density at radius 2 is 1.77 bits per heavy atom. The third-order valence-corrected chi connectivity index (χ3v) is 7.39. The number of benzene rings is 3. The summed E-state index contributed by atoms with van der Waals surface area (Å²) in [5.41, 5.74) is 6.23. The molecule has 0 radical (unpaired) electrons. The zero-order valence-electron chi connectivity index (χ0n) is 23.7. The molecule has 0 aliphatic carbocycles. The van der Waals surface area contributed by atoms with Crippen LogP contribution in [0.5, 0.6) is 17.2 Å². The number of amides is 1. The Hall–Kier alpha value is -4.26. The van der Waals surface area contributed by atoms with Gasteiger partial charge in [0.05, 0.1) is 12.6 Å². The molecule has 0 saturated carbocycles. The lowest BCUT2D eigenvalue weighted by Crippen LogP contribution is -2.30. The summed E-state index contributed by atoms with van der Waals surface area (Å²) in [6.45, 7) is 9.49. The van der Waals surface area contributed by atoms with Crippen molar-refractivity contribution >= 4 is 5.91 Å². The number of aromatic amines is 1. The largest absolute Gasteiger partial charge is 0.507 e. The van der Waals surface area contributed by atoms with Gasteiger partial charge in [-0.3, -0.25) is 9.89 Å². The number of rotatable bonds is 11. The van der Waals surface area contributed by atoms with E-state index in [1.807, 2.05) is 86.3 Å². The maximum absolute atomic E-state index is 13.7. The van der Waals surface area contributed by atoms with Crippen LogP contribution in [0.1, 0.15) is 77.5 Å². The van der Waals surface area contributed by atoms with Crippen molar-refractivity contribution in [3.05, 3.63) is 94.2 Å². The molecule has 1 aromatic heterocycles. The maximum Gasteiger partial charge on any atom is 0.273 e. The van der Waals surface area contributed by atoms with Crippen molar-refractivity contribution in [2.24, 2.45) is 0 Å². The van der Waals surface area contributed by atoms with Crippen LogP contribution in [0.2, 0.25) is 0 Å². The molecule has 3 aromatic carbocycles. The standard InChI is InChI=1S/C33H37N3O4/c1-5-7-11-16-36-31(24-14-15-26(27(19-24)39-6-2)40-20-23-12-9-8-10-13-23)28-29(34-35-30(28)33(36)38)25-18-21(3)17-22(4)32(25)37/h8-10,12-15,17-19,31,37H,5-7,11,16,20H2,1-4H3,(H,34,35). The number of phenolic OH excluding ortho intramolecular Hbond substituents is 1. The quantitative estimate of drug-likeness (QED) is 0.198. The Labute approximate surface area is 235 Å². The number of carbonyl (C=O) groups excluding carboxylic acids is 1. The van der Waals surface area contributed by atoms with Gasteiger partial charge in [0.25, 0.3) is 5.91 Å². The third kappa shape index (κ3) is 5.28. The number of aryl methyl sites for hydroxylation is 2. The number of nitrogens with one attached hydrogen (secondary N) is 1. The van der Waals surface area contributed by atoms with Crippen molar-refractivity contribution in [2.45, 2.75) is 59.6 Å². The van der Waals surface area contributed by atoms with E-state index in [4.69, 9.17) is 9.47 Å². The SMILES string of the molecule is CCCCCN1C(=O)c2[nH]nc(-c3cc(C)cc(C)c3O)c2C1c1ccc(OCc2ccccc2)c(OCC)c1. The van der Waals surface area contributed by atoms with Crippen LogP contribution in [-0.4, -0.2) is 39.3 Å². The number of aromatic nitrogens is 2. The number of hydrogen-bond acceptors (Lipinski definition) is 5. The molecule has 40 heavy (non-hydrogen) atoms. The molecule has 208 valence electrons. The first-order valence-corrected chi connectivity index (χ1v) is 14.1. The smallest absolute Gasteiger partial charge is 0.273 e. The molecule has 0 saturated heterocycles. The van der Waals surface area contributed by atoms with Gasteiger partial charge in [0, 0.05) is 17.7 Å². The van der Waals surface area contributed by atoms with E-state index in [1.165, 1.54) is 0 Å². The summed E-state index contributed by atoms with van der Waals surface area (Å²) in [4.78, 5) is 15.6. The molecule has 0 bridgehead atoms. The van der Waals surface area contributed by atoms with E-state index in [1.54, 1.807) is 0 Å². The van der Waals surface area contributed by atoms with Crippen molar-refractivity contribution in [2.75, 3.05) is 13.2 Å². The lowest BCUT2D eigenvalue weighted by molar-refractivity contribution is 0.0740. The molecular formula is C33H37N3O4. The van der Waals surface area contributed by atoms with Gasteiger partial charge in [-0.15, -0.1) is 0 Å². The predicted octanol–water partition coefficient (Wildman–Crippen LogP) is 7.11. The number of aromatic hydroxyl groups is 1. The number of nitrogens with zero attached hydrogens (tertiary/aromatic N) is 2. The highest BCUT2D eigenvalue weighted by molar-refractivity contribution is 6.00. The van der Waals surface area contributed by atoms with Crippen molar-refractivity contribution in [3.8, 4) is 28.5 Å². The molecule has 2 heterocycles. The molecule has 7 nitrogen and oxygen atoms in total. The highest BCUT2D eigenvalue weighted by Gasteiger charge is 2.42. The van der Waals surface area contributed by atoms with Crippen molar-refractivity contribution in [1.82, 2.24) is 15.1 Å². The van der Waals surface area contributed by atoms with Gasteiger partial charge in [0.2, 0.25) is 0 Å². The molecule has 1 amide bonds. The van der Waals surface area contributed by atoms with Gasteiger partial charge in [-0.05, 0) is 67.6 Å². The molecule has 7 heteroatoms.